The van der Waals surface area contributed by atoms with Crippen LogP contribution >= 0.6 is 0 Å². The van der Waals surface area contributed by atoms with E-state index in [1.807, 2.05) is 36.4 Å². The Bertz CT molecular complexity index is 558. The maximum atomic E-state index is 6.25. The minimum absolute atomic E-state index is 0.545. The molecule has 0 aliphatic carbocycles. The second-order valence-corrected chi connectivity index (χ2v) is 5.48. The monoisotopic (exact) mass is 283 g/mol. The van der Waals surface area contributed by atoms with Gasteiger partial charge in [0.25, 0.3) is 0 Å². The summed E-state index contributed by atoms with van der Waals surface area (Å²) in [5.41, 5.74) is 2.23. The molecule has 2 aromatic rings. The van der Waals surface area contributed by atoms with Gasteiger partial charge in [-0.25, -0.2) is 0 Å². The molecule has 1 atom stereocenters. The molecule has 3 rings (SSSR count). The van der Waals surface area contributed by atoms with Gasteiger partial charge in [-0.05, 0) is 12.6 Å². The zero-order valence-electron chi connectivity index (χ0n) is 12.4. The molecule has 1 unspecified atom stereocenters. The molecule has 0 aromatic heterocycles. The van der Waals surface area contributed by atoms with Crippen molar-refractivity contribution >= 4 is 0 Å². The highest BCUT2D eigenvalue weighted by Gasteiger charge is 2.38. The first-order valence-electron chi connectivity index (χ1n) is 7.34. The van der Waals surface area contributed by atoms with Crippen LogP contribution < -0.4 is 0 Å². The Morgan fingerprint density at radius 3 is 2.38 bits per heavy atom. The number of likely N-dealkylation sites (N-methyl/N-ethyl adjacent to an activating group) is 1. The van der Waals surface area contributed by atoms with E-state index in [9.17, 15) is 0 Å². The first-order valence-corrected chi connectivity index (χ1v) is 7.34. The van der Waals surface area contributed by atoms with Gasteiger partial charge < -0.3 is 9.47 Å². The van der Waals surface area contributed by atoms with Gasteiger partial charge in [0.1, 0.15) is 0 Å². The summed E-state index contributed by atoms with van der Waals surface area (Å²) in [5, 5.41) is 0. The van der Waals surface area contributed by atoms with Gasteiger partial charge >= 0.3 is 0 Å². The van der Waals surface area contributed by atoms with Crippen LogP contribution in [0.2, 0.25) is 0 Å². The summed E-state index contributed by atoms with van der Waals surface area (Å²) in [6.07, 6.45) is 0. The second-order valence-electron chi connectivity index (χ2n) is 5.48. The van der Waals surface area contributed by atoms with Crippen LogP contribution in [-0.4, -0.2) is 31.6 Å². The first-order chi connectivity index (χ1) is 10.3. The summed E-state index contributed by atoms with van der Waals surface area (Å²) in [5.74, 6) is -0.676. The Morgan fingerprint density at radius 1 is 1.05 bits per heavy atom. The lowest BCUT2D eigenvalue weighted by Gasteiger charge is -2.41. The van der Waals surface area contributed by atoms with E-state index >= 15 is 0 Å². The molecular formula is C18H21NO2. The lowest BCUT2D eigenvalue weighted by molar-refractivity contribution is -0.280. The zero-order valence-corrected chi connectivity index (χ0v) is 12.4. The molecule has 2 aromatic carbocycles. The SMILES string of the molecule is CN1CCOC(OCc2ccccc2)(c2ccccc2)C1. The van der Waals surface area contributed by atoms with Crippen molar-refractivity contribution in [1.29, 1.82) is 0 Å². The fourth-order valence-electron chi connectivity index (χ4n) is 2.66. The topological polar surface area (TPSA) is 21.7 Å². The molecule has 1 aliphatic rings. The Kier molecular flexibility index (Phi) is 4.34. The summed E-state index contributed by atoms with van der Waals surface area (Å²) in [6, 6.07) is 20.4. The summed E-state index contributed by atoms with van der Waals surface area (Å²) in [7, 11) is 2.10. The number of hydrogen-bond donors (Lipinski definition) is 0. The van der Waals surface area contributed by atoms with Gasteiger partial charge in [-0.15, -0.1) is 0 Å². The highest BCUT2D eigenvalue weighted by atomic mass is 16.7. The first kappa shape index (κ1) is 14.3. The predicted octanol–water partition coefficient (Wildman–Crippen LogP) is 3.02. The molecule has 0 amide bonds. The normalized spacial score (nSPS) is 23.1. The number of hydrogen-bond acceptors (Lipinski definition) is 3. The Balaban J connectivity index is 1.83. The maximum absolute atomic E-state index is 6.25. The van der Waals surface area contributed by atoms with Crippen LogP contribution in [0.1, 0.15) is 11.1 Å². The Hall–Kier alpha value is -1.68. The largest absolute Gasteiger partial charge is 0.343 e. The zero-order chi connectivity index (χ0) is 14.5. The number of benzene rings is 2. The quantitative estimate of drug-likeness (QED) is 0.861. The van der Waals surface area contributed by atoms with Gasteiger partial charge in [-0.1, -0.05) is 60.7 Å². The van der Waals surface area contributed by atoms with E-state index in [1.165, 1.54) is 0 Å². The second kappa shape index (κ2) is 6.39. The van der Waals surface area contributed by atoms with Gasteiger partial charge in [0.15, 0.2) is 0 Å². The lowest BCUT2D eigenvalue weighted by Crippen LogP contribution is -2.49. The van der Waals surface area contributed by atoms with Crippen molar-refractivity contribution in [1.82, 2.24) is 4.90 Å². The van der Waals surface area contributed by atoms with Crippen molar-refractivity contribution in [3.63, 3.8) is 0 Å². The summed E-state index contributed by atoms with van der Waals surface area (Å²) in [6.45, 7) is 2.90. The molecule has 0 spiro atoms. The molecule has 1 heterocycles. The van der Waals surface area contributed by atoms with Gasteiger partial charge in [0, 0.05) is 12.1 Å². The third kappa shape index (κ3) is 3.32. The smallest absolute Gasteiger partial charge is 0.208 e. The van der Waals surface area contributed by atoms with E-state index in [4.69, 9.17) is 9.47 Å². The number of morpholine rings is 1. The molecule has 3 nitrogen and oxygen atoms in total. The van der Waals surface area contributed by atoms with Gasteiger partial charge in [0.2, 0.25) is 5.79 Å². The molecule has 0 saturated carbocycles. The van der Waals surface area contributed by atoms with Crippen molar-refractivity contribution in [2.24, 2.45) is 0 Å². The van der Waals surface area contributed by atoms with Crippen LogP contribution in [0.3, 0.4) is 0 Å². The van der Waals surface area contributed by atoms with Crippen LogP contribution in [0.4, 0.5) is 0 Å². The van der Waals surface area contributed by atoms with Crippen LogP contribution in [-0.2, 0) is 21.9 Å². The van der Waals surface area contributed by atoms with Gasteiger partial charge in [-0.3, -0.25) is 4.90 Å². The van der Waals surface area contributed by atoms with Crippen LogP contribution in [0.25, 0.3) is 0 Å². The average molecular weight is 283 g/mol. The van der Waals surface area contributed by atoms with E-state index in [-0.39, 0.29) is 0 Å². The molecule has 21 heavy (non-hydrogen) atoms. The fourth-order valence-corrected chi connectivity index (χ4v) is 2.66. The molecule has 0 bridgehead atoms. The highest BCUT2D eigenvalue weighted by molar-refractivity contribution is 5.22. The standard InChI is InChI=1S/C18H21NO2/c1-19-12-13-20-18(15-19,17-10-6-3-7-11-17)21-14-16-8-4-2-5-9-16/h2-11H,12-15H2,1H3. The maximum Gasteiger partial charge on any atom is 0.208 e. The molecule has 3 heteroatoms. The molecule has 1 fully saturated rings. The van der Waals surface area contributed by atoms with Crippen LogP contribution in [0.5, 0.6) is 0 Å². The minimum Gasteiger partial charge on any atom is -0.343 e. The van der Waals surface area contributed by atoms with Gasteiger partial charge in [0.05, 0.1) is 19.8 Å². The van der Waals surface area contributed by atoms with E-state index in [2.05, 4.69) is 36.2 Å². The molecule has 110 valence electrons. The van der Waals surface area contributed by atoms with Crippen molar-refractivity contribution < 1.29 is 9.47 Å². The molecule has 1 aliphatic heterocycles. The third-order valence-electron chi connectivity index (χ3n) is 3.81. The molecule has 0 N–H and O–H groups in total. The lowest BCUT2D eigenvalue weighted by atomic mass is 10.0. The molecule has 1 saturated heterocycles. The third-order valence-corrected chi connectivity index (χ3v) is 3.81. The Labute approximate surface area is 126 Å². The van der Waals surface area contributed by atoms with E-state index < -0.39 is 5.79 Å². The van der Waals surface area contributed by atoms with Crippen LogP contribution in [0, 0.1) is 0 Å². The molecular weight excluding hydrogens is 262 g/mol. The average Bonchev–Trinajstić information content (AvgIpc) is 2.55. The van der Waals surface area contributed by atoms with E-state index in [1.54, 1.807) is 0 Å². The van der Waals surface area contributed by atoms with Crippen molar-refractivity contribution in [2.75, 3.05) is 26.7 Å². The predicted molar refractivity (Wildman–Crippen MR) is 82.8 cm³/mol. The van der Waals surface area contributed by atoms with Crippen molar-refractivity contribution in [3.8, 4) is 0 Å². The van der Waals surface area contributed by atoms with Gasteiger partial charge in [-0.2, -0.15) is 0 Å². The summed E-state index contributed by atoms with van der Waals surface area (Å²) < 4.78 is 12.3. The fraction of sp³-hybridized carbons (Fsp3) is 0.333. The minimum atomic E-state index is -0.676. The Morgan fingerprint density at radius 2 is 1.71 bits per heavy atom. The van der Waals surface area contributed by atoms with Crippen molar-refractivity contribution in [3.05, 3.63) is 71.8 Å². The van der Waals surface area contributed by atoms with Crippen LogP contribution in [0.15, 0.2) is 60.7 Å². The number of nitrogens with zero attached hydrogens (tertiary/aromatic N) is 1. The summed E-state index contributed by atoms with van der Waals surface area (Å²) in [4.78, 5) is 2.25. The van der Waals surface area contributed by atoms with E-state index in [0.717, 1.165) is 24.2 Å². The summed E-state index contributed by atoms with van der Waals surface area (Å²) >= 11 is 0. The van der Waals surface area contributed by atoms with Crippen molar-refractivity contribution in [2.45, 2.75) is 12.4 Å². The highest BCUT2D eigenvalue weighted by Crippen LogP contribution is 2.31. The van der Waals surface area contributed by atoms with E-state index in [0.29, 0.717) is 13.2 Å². The number of rotatable bonds is 4. The molecule has 0 radical (unpaired) electrons. The number of ether oxygens (including phenoxy) is 2.